The maximum absolute atomic E-state index is 12.9. The normalized spacial score (nSPS) is 10.8. The van der Waals surface area contributed by atoms with E-state index >= 15 is 0 Å². The average Bonchev–Trinajstić information content (AvgIpc) is 3.07. The van der Waals surface area contributed by atoms with Gasteiger partial charge in [-0.15, -0.1) is 0 Å². The topological polar surface area (TPSA) is 81.0 Å². The number of carbonyl (C=O) groups excluding carboxylic acids is 1. The monoisotopic (exact) mass is 347 g/mol. The SMILES string of the molecule is NC(=O)c1ccc2[nH]c(-c3ccc(Oc4ccc(F)cc4)cc3)nc2c1. The van der Waals surface area contributed by atoms with E-state index in [1.165, 1.54) is 12.1 Å². The summed E-state index contributed by atoms with van der Waals surface area (Å²) in [6.07, 6.45) is 0. The zero-order chi connectivity index (χ0) is 18.1. The Balaban J connectivity index is 1.59. The van der Waals surface area contributed by atoms with Gasteiger partial charge in [-0.1, -0.05) is 0 Å². The summed E-state index contributed by atoms with van der Waals surface area (Å²) in [7, 11) is 0. The van der Waals surface area contributed by atoms with Crippen LogP contribution >= 0.6 is 0 Å². The van der Waals surface area contributed by atoms with Crippen molar-refractivity contribution in [2.75, 3.05) is 0 Å². The lowest BCUT2D eigenvalue weighted by atomic mass is 10.2. The van der Waals surface area contributed by atoms with Gasteiger partial charge in [0.25, 0.3) is 0 Å². The molecule has 128 valence electrons. The summed E-state index contributed by atoms with van der Waals surface area (Å²) >= 11 is 0. The van der Waals surface area contributed by atoms with Gasteiger partial charge >= 0.3 is 0 Å². The second-order valence-electron chi connectivity index (χ2n) is 5.76. The molecule has 0 aliphatic carbocycles. The van der Waals surface area contributed by atoms with Crippen LogP contribution in [0.15, 0.2) is 66.7 Å². The van der Waals surface area contributed by atoms with Crippen LogP contribution in [0.1, 0.15) is 10.4 Å². The average molecular weight is 347 g/mol. The Morgan fingerprint density at radius 1 is 0.962 bits per heavy atom. The molecule has 0 spiro atoms. The van der Waals surface area contributed by atoms with Gasteiger partial charge in [-0.3, -0.25) is 4.79 Å². The summed E-state index contributed by atoms with van der Waals surface area (Å²) in [5.41, 5.74) is 8.07. The fourth-order valence-electron chi connectivity index (χ4n) is 2.62. The molecular weight excluding hydrogens is 333 g/mol. The molecule has 0 saturated carbocycles. The number of hydrogen-bond donors (Lipinski definition) is 2. The molecule has 0 radical (unpaired) electrons. The summed E-state index contributed by atoms with van der Waals surface area (Å²) in [5, 5.41) is 0. The number of nitrogens with one attached hydrogen (secondary N) is 1. The second kappa shape index (κ2) is 6.33. The van der Waals surface area contributed by atoms with Gasteiger partial charge in [0.2, 0.25) is 5.91 Å². The molecule has 4 rings (SSSR count). The standard InChI is InChI=1S/C20H14FN3O2/c21-14-4-8-16(9-5-14)26-15-6-1-12(2-7-15)20-23-17-10-3-13(19(22)25)11-18(17)24-20/h1-11H,(H2,22,25)(H,23,24). The van der Waals surface area contributed by atoms with E-state index < -0.39 is 5.91 Å². The lowest BCUT2D eigenvalue weighted by molar-refractivity contribution is 0.100. The molecule has 1 amide bonds. The summed E-state index contributed by atoms with van der Waals surface area (Å²) in [5.74, 6) is 1.07. The first kappa shape index (κ1) is 15.8. The molecule has 0 unspecified atom stereocenters. The molecule has 0 fully saturated rings. The number of carbonyl (C=O) groups is 1. The van der Waals surface area contributed by atoms with E-state index in [4.69, 9.17) is 10.5 Å². The van der Waals surface area contributed by atoms with Crippen LogP contribution in [0.4, 0.5) is 4.39 Å². The number of amides is 1. The quantitative estimate of drug-likeness (QED) is 0.579. The number of nitrogens with two attached hydrogens (primary N) is 1. The van der Waals surface area contributed by atoms with Crippen molar-refractivity contribution in [3.05, 3.63) is 78.1 Å². The lowest BCUT2D eigenvalue weighted by Crippen LogP contribution is -2.10. The van der Waals surface area contributed by atoms with Gasteiger partial charge in [0.05, 0.1) is 11.0 Å². The number of aromatic amines is 1. The Bertz CT molecular complexity index is 1090. The molecule has 0 aliphatic rings. The number of aromatic nitrogens is 2. The minimum Gasteiger partial charge on any atom is -0.457 e. The molecule has 1 heterocycles. The zero-order valence-electron chi connectivity index (χ0n) is 13.6. The van der Waals surface area contributed by atoms with Crippen LogP contribution in [0.3, 0.4) is 0 Å². The van der Waals surface area contributed by atoms with E-state index in [0.717, 1.165) is 11.1 Å². The Kier molecular flexibility index (Phi) is 3.85. The highest BCUT2D eigenvalue weighted by Gasteiger charge is 2.08. The first-order valence-corrected chi connectivity index (χ1v) is 7.92. The molecule has 0 aliphatic heterocycles. The van der Waals surface area contributed by atoms with Gasteiger partial charge in [0, 0.05) is 11.1 Å². The number of rotatable bonds is 4. The summed E-state index contributed by atoms with van der Waals surface area (Å²) < 4.78 is 18.6. The third-order valence-corrected chi connectivity index (χ3v) is 3.94. The van der Waals surface area contributed by atoms with Crippen molar-refractivity contribution in [3.63, 3.8) is 0 Å². The Labute approximate surface area is 148 Å². The van der Waals surface area contributed by atoms with Crippen molar-refractivity contribution in [2.45, 2.75) is 0 Å². The first-order valence-electron chi connectivity index (χ1n) is 7.92. The minimum absolute atomic E-state index is 0.308. The Morgan fingerprint density at radius 3 is 2.27 bits per heavy atom. The minimum atomic E-state index is -0.487. The predicted molar refractivity (Wildman–Crippen MR) is 96.5 cm³/mol. The third kappa shape index (κ3) is 3.12. The largest absolute Gasteiger partial charge is 0.457 e. The van der Waals surface area contributed by atoms with E-state index in [0.29, 0.717) is 28.4 Å². The number of hydrogen-bond acceptors (Lipinski definition) is 3. The number of imidazole rings is 1. The van der Waals surface area contributed by atoms with Crippen molar-refractivity contribution < 1.29 is 13.9 Å². The molecule has 0 bridgehead atoms. The molecule has 0 atom stereocenters. The molecule has 1 aromatic heterocycles. The van der Waals surface area contributed by atoms with Gasteiger partial charge in [-0.05, 0) is 66.7 Å². The van der Waals surface area contributed by atoms with Gasteiger partial charge < -0.3 is 15.5 Å². The van der Waals surface area contributed by atoms with E-state index in [2.05, 4.69) is 9.97 Å². The summed E-state index contributed by atoms with van der Waals surface area (Å²) in [4.78, 5) is 19.0. The van der Waals surface area contributed by atoms with Gasteiger partial charge in [0.15, 0.2) is 0 Å². The fraction of sp³-hybridized carbons (Fsp3) is 0. The van der Waals surface area contributed by atoms with Crippen molar-refractivity contribution in [3.8, 4) is 22.9 Å². The Morgan fingerprint density at radius 2 is 1.62 bits per heavy atom. The molecular formula is C20H14FN3O2. The van der Waals surface area contributed by atoms with Crippen LogP contribution in [0.25, 0.3) is 22.4 Å². The van der Waals surface area contributed by atoms with Crippen LogP contribution < -0.4 is 10.5 Å². The second-order valence-corrected chi connectivity index (χ2v) is 5.76. The van der Waals surface area contributed by atoms with Gasteiger partial charge in [0.1, 0.15) is 23.1 Å². The maximum atomic E-state index is 12.9. The highest BCUT2D eigenvalue weighted by Crippen LogP contribution is 2.26. The lowest BCUT2D eigenvalue weighted by Gasteiger charge is -2.06. The number of fused-ring (bicyclic) bond motifs is 1. The number of nitrogens with zero attached hydrogens (tertiary/aromatic N) is 1. The van der Waals surface area contributed by atoms with Crippen LogP contribution in [0.5, 0.6) is 11.5 Å². The highest BCUT2D eigenvalue weighted by molar-refractivity contribution is 5.96. The summed E-state index contributed by atoms with van der Waals surface area (Å²) in [6, 6.07) is 18.3. The number of benzene rings is 3. The summed E-state index contributed by atoms with van der Waals surface area (Å²) in [6.45, 7) is 0. The molecule has 3 N–H and O–H groups in total. The smallest absolute Gasteiger partial charge is 0.248 e. The molecule has 3 aromatic carbocycles. The van der Waals surface area contributed by atoms with Gasteiger partial charge in [-0.2, -0.15) is 0 Å². The third-order valence-electron chi connectivity index (χ3n) is 3.94. The van der Waals surface area contributed by atoms with Crippen molar-refractivity contribution in [1.82, 2.24) is 9.97 Å². The first-order chi connectivity index (χ1) is 12.6. The van der Waals surface area contributed by atoms with Crippen LogP contribution in [0.2, 0.25) is 0 Å². The maximum Gasteiger partial charge on any atom is 0.248 e. The number of H-pyrrole nitrogens is 1. The predicted octanol–water partition coefficient (Wildman–Crippen LogP) is 4.26. The number of ether oxygens (including phenoxy) is 1. The number of halogens is 1. The van der Waals surface area contributed by atoms with E-state index in [1.807, 2.05) is 12.1 Å². The van der Waals surface area contributed by atoms with E-state index in [-0.39, 0.29) is 5.82 Å². The zero-order valence-corrected chi connectivity index (χ0v) is 13.6. The van der Waals surface area contributed by atoms with Crippen molar-refractivity contribution in [2.24, 2.45) is 5.73 Å². The fourth-order valence-corrected chi connectivity index (χ4v) is 2.62. The molecule has 0 saturated heterocycles. The van der Waals surface area contributed by atoms with Crippen LogP contribution in [-0.4, -0.2) is 15.9 Å². The van der Waals surface area contributed by atoms with E-state index in [9.17, 15) is 9.18 Å². The highest BCUT2D eigenvalue weighted by atomic mass is 19.1. The van der Waals surface area contributed by atoms with Gasteiger partial charge in [-0.25, -0.2) is 9.37 Å². The molecule has 26 heavy (non-hydrogen) atoms. The van der Waals surface area contributed by atoms with Crippen LogP contribution in [-0.2, 0) is 0 Å². The van der Waals surface area contributed by atoms with E-state index in [1.54, 1.807) is 42.5 Å². The number of primary amides is 1. The van der Waals surface area contributed by atoms with Crippen molar-refractivity contribution in [1.29, 1.82) is 0 Å². The van der Waals surface area contributed by atoms with Crippen molar-refractivity contribution >= 4 is 16.9 Å². The van der Waals surface area contributed by atoms with Crippen LogP contribution in [0, 0.1) is 5.82 Å². The molecule has 4 aromatic rings. The molecule has 6 heteroatoms. The molecule has 5 nitrogen and oxygen atoms in total. The Hall–Kier alpha value is -3.67.